The normalized spacial score (nSPS) is 22.6. The molecule has 3 nitrogen and oxygen atoms in total. The van der Waals surface area contributed by atoms with E-state index in [-0.39, 0.29) is 0 Å². The molecule has 0 spiro atoms. The van der Waals surface area contributed by atoms with Crippen molar-refractivity contribution in [3.8, 4) is 0 Å². The van der Waals surface area contributed by atoms with Crippen LogP contribution in [0.1, 0.15) is 12.8 Å². The van der Waals surface area contributed by atoms with Gasteiger partial charge in [-0.2, -0.15) is 4.89 Å². The Morgan fingerprint density at radius 2 is 2.00 bits per heavy atom. The second-order valence-corrected chi connectivity index (χ2v) is 3.31. The highest BCUT2D eigenvalue weighted by molar-refractivity contribution is 7.37. The molecular weight excluding hydrogens is 137 g/mol. The van der Waals surface area contributed by atoms with Gasteiger partial charge in [0.1, 0.15) is 0 Å². The summed E-state index contributed by atoms with van der Waals surface area (Å²) in [5.74, 6) is 0. The number of hydrogen-bond acceptors (Lipinski definition) is 2. The molecular formula is C5H11NO2P+. The van der Waals surface area contributed by atoms with Crippen molar-refractivity contribution in [1.29, 1.82) is 0 Å². The van der Waals surface area contributed by atoms with Crippen LogP contribution < -0.4 is 0 Å². The van der Waals surface area contributed by atoms with E-state index in [0.29, 0.717) is 6.29 Å². The molecule has 0 aromatic rings. The summed E-state index contributed by atoms with van der Waals surface area (Å²) < 4.78 is 10.3. The van der Waals surface area contributed by atoms with Gasteiger partial charge in [-0.15, -0.1) is 0 Å². The Kier molecular flexibility index (Phi) is 2.58. The SMILES string of the molecule is O=[P+](O)CN1CCCC1. The van der Waals surface area contributed by atoms with Crippen molar-refractivity contribution >= 4 is 8.03 Å². The molecule has 1 rings (SSSR count). The quantitative estimate of drug-likeness (QED) is 0.588. The van der Waals surface area contributed by atoms with E-state index < -0.39 is 8.03 Å². The van der Waals surface area contributed by atoms with Gasteiger partial charge in [0.25, 0.3) is 0 Å². The lowest BCUT2D eigenvalue weighted by molar-refractivity contribution is 0.373. The first-order chi connectivity index (χ1) is 4.29. The molecule has 1 N–H and O–H groups in total. The number of rotatable bonds is 2. The van der Waals surface area contributed by atoms with Gasteiger partial charge in [-0.1, -0.05) is 0 Å². The number of likely N-dealkylation sites (tertiary alicyclic amines) is 1. The van der Waals surface area contributed by atoms with Gasteiger partial charge in [0.05, 0.1) is 0 Å². The Bertz CT molecular complexity index is 112. The second-order valence-electron chi connectivity index (χ2n) is 2.32. The van der Waals surface area contributed by atoms with E-state index in [1.165, 1.54) is 12.8 Å². The zero-order valence-corrected chi connectivity index (χ0v) is 6.18. The molecule has 52 valence electrons. The first kappa shape index (κ1) is 7.13. The molecule has 1 heterocycles. The fraction of sp³-hybridized carbons (Fsp3) is 1.00. The van der Waals surface area contributed by atoms with Crippen molar-refractivity contribution in [2.24, 2.45) is 0 Å². The number of nitrogens with zero attached hydrogens (tertiary/aromatic N) is 1. The minimum Gasteiger partial charge on any atom is -0.260 e. The second kappa shape index (κ2) is 3.25. The third-order valence-corrected chi connectivity index (χ3v) is 2.16. The highest BCUT2D eigenvalue weighted by Crippen LogP contribution is 2.18. The fourth-order valence-electron chi connectivity index (χ4n) is 1.10. The van der Waals surface area contributed by atoms with Crippen LogP contribution in [0, 0.1) is 0 Å². The van der Waals surface area contributed by atoms with Gasteiger partial charge in [0.15, 0.2) is 0 Å². The van der Waals surface area contributed by atoms with Gasteiger partial charge >= 0.3 is 8.03 Å². The molecule has 0 saturated carbocycles. The van der Waals surface area contributed by atoms with Crippen LogP contribution in [-0.2, 0) is 4.57 Å². The maximum atomic E-state index is 10.3. The number of hydrogen-bond donors (Lipinski definition) is 1. The third-order valence-electron chi connectivity index (χ3n) is 1.52. The first-order valence-corrected chi connectivity index (χ1v) is 4.55. The maximum absolute atomic E-state index is 10.3. The Morgan fingerprint density at radius 1 is 1.44 bits per heavy atom. The third kappa shape index (κ3) is 2.39. The summed E-state index contributed by atoms with van der Waals surface area (Å²) in [6.45, 7) is 2.00. The lowest BCUT2D eigenvalue weighted by atomic mass is 10.4. The molecule has 0 amide bonds. The Balaban J connectivity index is 2.19. The summed E-state index contributed by atoms with van der Waals surface area (Å²) in [4.78, 5) is 10.5. The topological polar surface area (TPSA) is 40.5 Å². The van der Waals surface area contributed by atoms with Crippen molar-refractivity contribution in [1.82, 2.24) is 4.90 Å². The van der Waals surface area contributed by atoms with Crippen LogP contribution in [0.3, 0.4) is 0 Å². The predicted molar refractivity (Wildman–Crippen MR) is 35.5 cm³/mol. The zero-order chi connectivity index (χ0) is 6.69. The summed E-state index contributed by atoms with van der Waals surface area (Å²) in [6.07, 6.45) is 2.74. The minimum absolute atomic E-state index is 0.370. The van der Waals surface area contributed by atoms with Crippen LogP contribution in [0.4, 0.5) is 0 Å². The molecule has 1 aliphatic heterocycles. The molecule has 0 aliphatic carbocycles. The van der Waals surface area contributed by atoms with Crippen LogP contribution in [0.25, 0.3) is 0 Å². The molecule has 0 aromatic heterocycles. The van der Waals surface area contributed by atoms with Gasteiger partial charge in [0, 0.05) is 13.1 Å². The van der Waals surface area contributed by atoms with Gasteiger partial charge in [-0.3, -0.25) is 4.90 Å². The molecule has 1 aliphatic rings. The average molecular weight is 148 g/mol. The Labute approximate surface area is 55.5 Å². The lowest BCUT2D eigenvalue weighted by Gasteiger charge is -2.03. The molecule has 0 aromatic carbocycles. The molecule has 1 fully saturated rings. The van der Waals surface area contributed by atoms with Crippen LogP contribution in [0.2, 0.25) is 0 Å². The largest absolute Gasteiger partial charge is 0.521 e. The van der Waals surface area contributed by atoms with E-state index in [1.54, 1.807) is 0 Å². The van der Waals surface area contributed by atoms with Crippen molar-refractivity contribution < 1.29 is 9.46 Å². The molecule has 1 saturated heterocycles. The zero-order valence-electron chi connectivity index (χ0n) is 5.29. The first-order valence-electron chi connectivity index (χ1n) is 3.15. The molecule has 1 atom stereocenters. The van der Waals surface area contributed by atoms with E-state index in [2.05, 4.69) is 0 Å². The fourth-order valence-corrected chi connectivity index (χ4v) is 1.72. The summed E-state index contributed by atoms with van der Waals surface area (Å²) >= 11 is 0. The molecule has 4 heteroatoms. The molecule has 9 heavy (non-hydrogen) atoms. The van der Waals surface area contributed by atoms with Crippen molar-refractivity contribution in [3.63, 3.8) is 0 Å². The highest BCUT2D eigenvalue weighted by Gasteiger charge is 2.20. The molecule has 0 radical (unpaired) electrons. The van der Waals surface area contributed by atoms with Crippen LogP contribution >= 0.6 is 8.03 Å². The summed E-state index contributed by atoms with van der Waals surface area (Å²) in [6, 6.07) is 0. The maximum Gasteiger partial charge on any atom is 0.521 e. The Morgan fingerprint density at radius 3 is 2.44 bits per heavy atom. The smallest absolute Gasteiger partial charge is 0.260 e. The van der Waals surface area contributed by atoms with Crippen molar-refractivity contribution in [2.45, 2.75) is 12.8 Å². The van der Waals surface area contributed by atoms with E-state index >= 15 is 0 Å². The van der Waals surface area contributed by atoms with Crippen LogP contribution in [0.15, 0.2) is 0 Å². The summed E-state index contributed by atoms with van der Waals surface area (Å²) in [5.41, 5.74) is 0. The molecule has 0 bridgehead atoms. The Hall–Kier alpha value is 0.0200. The van der Waals surface area contributed by atoms with Gasteiger partial charge in [-0.05, 0) is 17.4 Å². The van der Waals surface area contributed by atoms with Gasteiger partial charge < -0.3 is 0 Å². The van der Waals surface area contributed by atoms with Gasteiger partial charge in [0.2, 0.25) is 6.29 Å². The van der Waals surface area contributed by atoms with Crippen molar-refractivity contribution in [2.75, 3.05) is 19.4 Å². The summed E-state index contributed by atoms with van der Waals surface area (Å²) in [5, 5.41) is 0. The predicted octanol–water partition coefficient (Wildman–Crippen LogP) is 0.774. The van der Waals surface area contributed by atoms with Crippen LogP contribution in [-0.4, -0.2) is 29.2 Å². The van der Waals surface area contributed by atoms with E-state index in [0.717, 1.165) is 13.1 Å². The van der Waals surface area contributed by atoms with Gasteiger partial charge in [-0.25, -0.2) is 0 Å². The van der Waals surface area contributed by atoms with Crippen molar-refractivity contribution in [3.05, 3.63) is 0 Å². The highest BCUT2D eigenvalue weighted by atomic mass is 31.1. The lowest BCUT2D eigenvalue weighted by Crippen LogP contribution is -2.17. The van der Waals surface area contributed by atoms with E-state index in [4.69, 9.17) is 4.89 Å². The monoisotopic (exact) mass is 148 g/mol. The van der Waals surface area contributed by atoms with E-state index in [9.17, 15) is 4.57 Å². The minimum atomic E-state index is -1.94. The standard InChI is InChI=1S/C5H10NO2P/c7-9(8)5-6-3-1-2-4-6/h1-5H2/p+1. The van der Waals surface area contributed by atoms with E-state index in [1.807, 2.05) is 4.90 Å². The summed E-state index contributed by atoms with van der Waals surface area (Å²) in [7, 11) is -1.94. The average Bonchev–Trinajstić information content (AvgIpc) is 2.15. The molecule has 1 unspecified atom stereocenters. The van der Waals surface area contributed by atoms with Crippen LogP contribution in [0.5, 0.6) is 0 Å².